The summed E-state index contributed by atoms with van der Waals surface area (Å²) in [6.45, 7) is 5.93. The largest absolute Gasteiger partial charge is 0.340 e. The molecule has 0 spiro atoms. The van der Waals surface area contributed by atoms with E-state index in [4.69, 9.17) is 0 Å². The van der Waals surface area contributed by atoms with E-state index < -0.39 is 0 Å². The van der Waals surface area contributed by atoms with E-state index in [2.05, 4.69) is 30.0 Å². The molecule has 142 valence electrons. The summed E-state index contributed by atoms with van der Waals surface area (Å²) in [6.07, 6.45) is 4.48. The lowest BCUT2D eigenvalue weighted by atomic mass is 10.1. The maximum Gasteiger partial charge on any atom is 0.227 e. The Kier molecular flexibility index (Phi) is 5.14. The highest BCUT2D eigenvalue weighted by Gasteiger charge is 2.22. The van der Waals surface area contributed by atoms with Gasteiger partial charge in [0.1, 0.15) is 6.07 Å². The molecule has 5 nitrogen and oxygen atoms in total. The van der Waals surface area contributed by atoms with Crippen LogP contribution in [0.2, 0.25) is 0 Å². The molecule has 28 heavy (non-hydrogen) atoms. The van der Waals surface area contributed by atoms with Gasteiger partial charge in [0.25, 0.3) is 0 Å². The highest BCUT2D eigenvalue weighted by Crippen LogP contribution is 2.20. The Balaban J connectivity index is 1.36. The van der Waals surface area contributed by atoms with Crippen LogP contribution in [-0.4, -0.2) is 46.3 Å². The molecule has 3 aromatic rings. The van der Waals surface area contributed by atoms with Gasteiger partial charge in [-0.1, -0.05) is 35.9 Å². The van der Waals surface area contributed by atoms with Gasteiger partial charge in [0.2, 0.25) is 5.91 Å². The summed E-state index contributed by atoms with van der Waals surface area (Å²) in [6, 6.07) is 16.4. The van der Waals surface area contributed by atoms with Crippen LogP contribution in [0.15, 0.2) is 54.9 Å². The number of aromatic nitrogens is 1. The Hall–Kier alpha value is -3.10. The van der Waals surface area contributed by atoms with Crippen molar-refractivity contribution < 1.29 is 4.79 Å². The van der Waals surface area contributed by atoms with Crippen LogP contribution in [0.4, 0.5) is 0 Å². The number of carbonyl (C=O) groups excluding carboxylic acids is 1. The normalized spacial score (nSPS) is 14.9. The molecule has 2 aromatic heterocycles. The molecule has 1 saturated heterocycles. The molecular formula is C23H24N4O. The van der Waals surface area contributed by atoms with Crippen LogP contribution in [0.1, 0.15) is 22.3 Å². The number of fused-ring (bicyclic) bond motifs is 1. The molecule has 0 bridgehead atoms. The van der Waals surface area contributed by atoms with E-state index in [1.165, 1.54) is 5.56 Å². The first-order valence-corrected chi connectivity index (χ1v) is 9.68. The maximum atomic E-state index is 12.6. The number of amides is 1. The van der Waals surface area contributed by atoms with Gasteiger partial charge in [-0.25, -0.2) is 0 Å². The van der Waals surface area contributed by atoms with Crippen LogP contribution < -0.4 is 0 Å². The highest BCUT2D eigenvalue weighted by atomic mass is 16.2. The van der Waals surface area contributed by atoms with Gasteiger partial charge in [-0.15, -0.1) is 0 Å². The van der Waals surface area contributed by atoms with Crippen molar-refractivity contribution in [2.24, 2.45) is 0 Å². The molecule has 0 radical (unpaired) electrons. The first-order chi connectivity index (χ1) is 13.6. The fraction of sp³-hybridized carbons (Fsp3) is 0.304. The third-order valence-corrected chi connectivity index (χ3v) is 5.47. The molecular weight excluding hydrogens is 348 g/mol. The zero-order valence-electron chi connectivity index (χ0n) is 16.1. The smallest absolute Gasteiger partial charge is 0.227 e. The Labute approximate surface area is 165 Å². The second kappa shape index (κ2) is 7.87. The maximum absolute atomic E-state index is 12.6. The molecule has 0 aliphatic carbocycles. The standard InChI is InChI=1S/C23H24N4O/c1-18-5-7-19(8-6-18)14-23(28)26-12-10-25(11-13-26)16-20-17-27-9-3-2-4-22(27)21(20)15-24/h2-9,17H,10-14,16H2,1H3. The monoisotopic (exact) mass is 372 g/mol. The van der Waals surface area contributed by atoms with Crippen LogP contribution in [0, 0.1) is 18.3 Å². The Morgan fingerprint density at radius 2 is 1.82 bits per heavy atom. The fourth-order valence-corrected chi connectivity index (χ4v) is 3.82. The summed E-state index contributed by atoms with van der Waals surface area (Å²) in [4.78, 5) is 16.9. The topological polar surface area (TPSA) is 51.8 Å². The lowest BCUT2D eigenvalue weighted by molar-refractivity contribution is -0.132. The number of aryl methyl sites for hydroxylation is 1. The van der Waals surface area contributed by atoms with Crippen LogP contribution in [0.5, 0.6) is 0 Å². The zero-order valence-corrected chi connectivity index (χ0v) is 16.1. The zero-order chi connectivity index (χ0) is 19.5. The van der Waals surface area contributed by atoms with Crippen molar-refractivity contribution in [2.75, 3.05) is 26.2 Å². The van der Waals surface area contributed by atoms with Crippen molar-refractivity contribution in [3.63, 3.8) is 0 Å². The van der Waals surface area contributed by atoms with Crippen LogP contribution in [-0.2, 0) is 17.8 Å². The van der Waals surface area contributed by atoms with Crippen LogP contribution >= 0.6 is 0 Å². The van der Waals surface area contributed by atoms with Gasteiger partial charge < -0.3 is 9.30 Å². The summed E-state index contributed by atoms with van der Waals surface area (Å²) in [7, 11) is 0. The first-order valence-electron chi connectivity index (χ1n) is 9.68. The van der Waals surface area contributed by atoms with Gasteiger partial charge >= 0.3 is 0 Å². The molecule has 0 N–H and O–H groups in total. The molecule has 4 rings (SSSR count). The summed E-state index contributed by atoms with van der Waals surface area (Å²) in [5.41, 5.74) is 5.02. The Morgan fingerprint density at radius 3 is 2.54 bits per heavy atom. The fourth-order valence-electron chi connectivity index (χ4n) is 3.82. The van der Waals surface area contributed by atoms with Gasteiger partial charge in [-0.2, -0.15) is 5.26 Å². The van der Waals surface area contributed by atoms with E-state index in [1.54, 1.807) is 0 Å². The number of nitrogens with zero attached hydrogens (tertiary/aromatic N) is 4. The van der Waals surface area contributed by atoms with E-state index in [-0.39, 0.29) is 5.91 Å². The molecule has 1 aliphatic rings. The third kappa shape index (κ3) is 3.78. The number of rotatable bonds is 4. The number of pyridine rings is 1. The van der Waals surface area contributed by atoms with E-state index in [9.17, 15) is 10.1 Å². The average Bonchev–Trinajstić information content (AvgIpc) is 3.07. The lowest BCUT2D eigenvalue weighted by Crippen LogP contribution is -2.48. The van der Waals surface area contributed by atoms with Crippen molar-refractivity contribution in [1.82, 2.24) is 14.2 Å². The predicted octanol–water partition coefficient (Wildman–Crippen LogP) is 3.01. The number of benzene rings is 1. The minimum absolute atomic E-state index is 0.191. The van der Waals surface area contributed by atoms with Crippen LogP contribution in [0.25, 0.3) is 5.52 Å². The average molecular weight is 372 g/mol. The molecule has 1 aromatic carbocycles. The van der Waals surface area contributed by atoms with Gasteiger partial charge in [0.15, 0.2) is 0 Å². The Bertz CT molecular complexity index is 1020. The summed E-state index contributed by atoms with van der Waals surface area (Å²) >= 11 is 0. The number of carbonyl (C=O) groups is 1. The minimum atomic E-state index is 0.191. The summed E-state index contributed by atoms with van der Waals surface area (Å²) in [5, 5.41) is 9.57. The van der Waals surface area contributed by atoms with E-state index >= 15 is 0 Å². The van der Waals surface area contributed by atoms with Gasteiger partial charge in [-0.3, -0.25) is 9.69 Å². The first kappa shape index (κ1) is 18.3. The van der Waals surface area contributed by atoms with Crippen molar-refractivity contribution in [2.45, 2.75) is 19.9 Å². The summed E-state index contributed by atoms with van der Waals surface area (Å²) < 4.78 is 2.01. The molecule has 5 heteroatoms. The number of hydrogen-bond donors (Lipinski definition) is 0. The molecule has 0 saturated carbocycles. The van der Waals surface area contributed by atoms with E-state index in [0.29, 0.717) is 6.42 Å². The van der Waals surface area contributed by atoms with E-state index in [1.807, 2.05) is 52.0 Å². The second-order valence-corrected chi connectivity index (χ2v) is 7.45. The SMILES string of the molecule is Cc1ccc(CC(=O)N2CCN(Cc3cn4ccccc4c3C#N)CC2)cc1. The minimum Gasteiger partial charge on any atom is -0.340 e. The summed E-state index contributed by atoms with van der Waals surface area (Å²) in [5.74, 6) is 0.191. The van der Waals surface area contributed by atoms with Gasteiger partial charge in [0, 0.05) is 50.7 Å². The number of hydrogen-bond acceptors (Lipinski definition) is 3. The molecule has 1 fully saturated rings. The van der Waals surface area contributed by atoms with Crippen molar-refractivity contribution >= 4 is 11.4 Å². The van der Waals surface area contributed by atoms with Crippen LogP contribution in [0.3, 0.4) is 0 Å². The van der Waals surface area contributed by atoms with Crippen molar-refractivity contribution in [3.8, 4) is 6.07 Å². The predicted molar refractivity (Wildman–Crippen MR) is 109 cm³/mol. The highest BCUT2D eigenvalue weighted by molar-refractivity contribution is 5.79. The molecule has 1 amide bonds. The Morgan fingerprint density at radius 1 is 1.07 bits per heavy atom. The molecule has 0 unspecified atom stereocenters. The van der Waals surface area contributed by atoms with Gasteiger partial charge in [0.05, 0.1) is 17.5 Å². The second-order valence-electron chi connectivity index (χ2n) is 7.45. The van der Waals surface area contributed by atoms with Gasteiger partial charge in [-0.05, 0) is 24.6 Å². The van der Waals surface area contributed by atoms with Crippen molar-refractivity contribution in [1.29, 1.82) is 5.26 Å². The molecule has 3 heterocycles. The third-order valence-electron chi connectivity index (χ3n) is 5.47. The molecule has 1 aliphatic heterocycles. The van der Waals surface area contributed by atoms with Crippen molar-refractivity contribution in [3.05, 3.63) is 77.1 Å². The van der Waals surface area contributed by atoms with E-state index in [0.717, 1.165) is 54.9 Å². The number of piperazine rings is 1. The molecule has 0 atom stereocenters. The number of nitriles is 1. The lowest BCUT2D eigenvalue weighted by Gasteiger charge is -2.34. The quantitative estimate of drug-likeness (QED) is 0.707.